The third-order valence-corrected chi connectivity index (χ3v) is 7.53. The summed E-state index contributed by atoms with van der Waals surface area (Å²) in [7, 11) is 0. The van der Waals surface area contributed by atoms with E-state index < -0.39 is 10.3 Å². The summed E-state index contributed by atoms with van der Waals surface area (Å²) in [5.41, 5.74) is 2.15. The summed E-state index contributed by atoms with van der Waals surface area (Å²) in [6.45, 7) is 1.74. The highest BCUT2D eigenvalue weighted by atomic mass is 35.5. The van der Waals surface area contributed by atoms with Gasteiger partial charge in [-0.05, 0) is 60.6 Å². The monoisotopic (exact) mass is 557 g/mol. The van der Waals surface area contributed by atoms with Crippen LogP contribution in [0, 0.1) is 10.1 Å². The molecular formula is C31H28ClN3O5. The van der Waals surface area contributed by atoms with E-state index in [1.165, 1.54) is 6.92 Å². The molecule has 0 radical (unpaired) electrons. The SMILES string of the molecule is CC(=O)C1(Cc2nc(OCc3ccccc3)nc(OCc3ccccc3)c2[N+](=O)[O-])CCCc2ccc(Cl)cc21. The number of Topliss-reactive ketones (excluding diaryl/α,β-unsaturated/α-hetero) is 1. The first-order valence-corrected chi connectivity index (χ1v) is 13.4. The van der Waals surface area contributed by atoms with Crippen molar-refractivity contribution in [3.05, 3.63) is 122 Å². The number of hydrogen-bond donors (Lipinski definition) is 0. The lowest BCUT2D eigenvalue weighted by atomic mass is 9.65. The van der Waals surface area contributed by atoms with Gasteiger partial charge in [-0.1, -0.05) is 78.3 Å². The van der Waals surface area contributed by atoms with Crippen LogP contribution in [0.15, 0.2) is 78.9 Å². The van der Waals surface area contributed by atoms with Crippen molar-refractivity contribution < 1.29 is 19.2 Å². The molecule has 40 heavy (non-hydrogen) atoms. The average molecular weight is 558 g/mol. The molecule has 0 saturated carbocycles. The average Bonchev–Trinajstić information content (AvgIpc) is 2.96. The van der Waals surface area contributed by atoms with Gasteiger partial charge in [-0.3, -0.25) is 14.9 Å². The Morgan fingerprint density at radius 1 is 0.975 bits per heavy atom. The fourth-order valence-corrected chi connectivity index (χ4v) is 5.44. The molecule has 0 bridgehead atoms. The second-order valence-corrected chi connectivity index (χ2v) is 10.3. The van der Waals surface area contributed by atoms with E-state index in [2.05, 4.69) is 9.97 Å². The predicted molar refractivity (Wildman–Crippen MR) is 151 cm³/mol. The number of ketones is 1. The van der Waals surface area contributed by atoms with E-state index >= 15 is 0 Å². The molecule has 1 aliphatic carbocycles. The molecule has 8 nitrogen and oxygen atoms in total. The molecule has 5 rings (SSSR count). The fraction of sp³-hybridized carbons (Fsp3) is 0.258. The molecule has 0 fully saturated rings. The number of aryl methyl sites for hydroxylation is 1. The molecule has 1 heterocycles. The summed E-state index contributed by atoms with van der Waals surface area (Å²) in [6, 6.07) is 24.2. The van der Waals surface area contributed by atoms with Crippen LogP contribution in [0.1, 0.15) is 47.7 Å². The van der Waals surface area contributed by atoms with E-state index in [1.807, 2.05) is 66.7 Å². The van der Waals surface area contributed by atoms with Gasteiger partial charge in [0.25, 0.3) is 0 Å². The number of halogens is 1. The van der Waals surface area contributed by atoms with Gasteiger partial charge >= 0.3 is 17.6 Å². The minimum Gasteiger partial charge on any atom is -0.468 e. The highest BCUT2D eigenvalue weighted by Gasteiger charge is 2.44. The second-order valence-electron chi connectivity index (χ2n) is 9.88. The Bertz CT molecular complexity index is 1530. The molecule has 0 aliphatic heterocycles. The van der Waals surface area contributed by atoms with Crippen LogP contribution < -0.4 is 9.47 Å². The van der Waals surface area contributed by atoms with Gasteiger partial charge in [-0.2, -0.15) is 9.97 Å². The largest absolute Gasteiger partial charge is 0.468 e. The van der Waals surface area contributed by atoms with Gasteiger partial charge in [0.05, 0.1) is 10.3 Å². The lowest BCUT2D eigenvalue weighted by Crippen LogP contribution is -2.40. The van der Waals surface area contributed by atoms with Crippen molar-refractivity contribution in [1.82, 2.24) is 9.97 Å². The van der Waals surface area contributed by atoms with Gasteiger partial charge in [-0.25, -0.2) is 0 Å². The third kappa shape index (κ3) is 5.82. The summed E-state index contributed by atoms with van der Waals surface area (Å²) in [4.78, 5) is 34.1. The molecule has 4 aromatic rings. The van der Waals surface area contributed by atoms with Gasteiger partial charge < -0.3 is 9.47 Å². The van der Waals surface area contributed by atoms with Crippen molar-refractivity contribution >= 4 is 23.1 Å². The van der Waals surface area contributed by atoms with Gasteiger partial charge in [0, 0.05) is 11.4 Å². The number of rotatable bonds is 10. The first kappa shape index (κ1) is 27.3. The molecule has 204 valence electrons. The predicted octanol–water partition coefficient (Wildman–Crippen LogP) is 6.60. The van der Waals surface area contributed by atoms with E-state index in [4.69, 9.17) is 21.1 Å². The van der Waals surface area contributed by atoms with Crippen LogP contribution in [-0.4, -0.2) is 20.7 Å². The Morgan fingerprint density at radius 2 is 1.62 bits per heavy atom. The van der Waals surface area contributed by atoms with Gasteiger partial charge in [0.1, 0.15) is 24.7 Å². The van der Waals surface area contributed by atoms with Crippen LogP contribution >= 0.6 is 11.6 Å². The molecule has 3 aromatic carbocycles. The molecule has 1 aromatic heterocycles. The standard InChI is InChI=1S/C31H28ClN3O5/c1-21(36)31(16-8-13-24-14-15-25(32)17-26(24)31)18-27-28(35(37)38)29(39-19-22-9-4-2-5-10-22)34-30(33-27)40-20-23-11-6-3-7-12-23/h2-7,9-12,14-15,17H,8,13,16,18-20H2,1H3. The molecule has 1 unspecified atom stereocenters. The summed E-state index contributed by atoms with van der Waals surface area (Å²) >= 11 is 6.36. The zero-order chi connectivity index (χ0) is 28.1. The molecule has 0 amide bonds. The Morgan fingerprint density at radius 3 is 2.25 bits per heavy atom. The molecule has 9 heteroatoms. The third-order valence-electron chi connectivity index (χ3n) is 7.30. The number of benzene rings is 3. The molecule has 0 spiro atoms. The number of aromatic nitrogens is 2. The van der Waals surface area contributed by atoms with Crippen LogP contribution in [0.3, 0.4) is 0 Å². The Labute approximate surface area is 237 Å². The number of nitro groups is 1. The Hall–Kier alpha value is -4.30. The number of nitrogens with zero attached hydrogens (tertiary/aromatic N) is 3. The summed E-state index contributed by atoms with van der Waals surface area (Å²) in [6.07, 6.45) is 2.04. The number of carbonyl (C=O) groups is 1. The van der Waals surface area contributed by atoms with Crippen LogP contribution in [0.2, 0.25) is 5.02 Å². The maximum Gasteiger partial charge on any atom is 0.352 e. The van der Waals surface area contributed by atoms with Crippen LogP contribution in [-0.2, 0) is 36.3 Å². The minimum atomic E-state index is -1.04. The maximum absolute atomic E-state index is 13.4. The summed E-state index contributed by atoms with van der Waals surface area (Å²) in [5.74, 6) is -0.315. The van der Waals surface area contributed by atoms with E-state index in [0.29, 0.717) is 11.4 Å². The van der Waals surface area contributed by atoms with Crippen LogP contribution in [0.25, 0.3) is 0 Å². The highest BCUT2D eigenvalue weighted by molar-refractivity contribution is 6.30. The number of ether oxygens (including phenoxy) is 2. The Kier molecular flexibility index (Phi) is 8.07. The Balaban J connectivity index is 1.59. The van der Waals surface area contributed by atoms with Crippen molar-refractivity contribution in [2.24, 2.45) is 0 Å². The summed E-state index contributed by atoms with van der Waals surface area (Å²) in [5, 5.41) is 13.0. The fourth-order valence-electron chi connectivity index (χ4n) is 5.26. The number of hydrogen-bond acceptors (Lipinski definition) is 7. The first-order valence-electron chi connectivity index (χ1n) is 13.0. The normalized spacial score (nSPS) is 16.1. The van der Waals surface area contributed by atoms with Crippen LogP contribution in [0.5, 0.6) is 11.9 Å². The van der Waals surface area contributed by atoms with Crippen molar-refractivity contribution in [1.29, 1.82) is 0 Å². The molecule has 1 aliphatic rings. The molecule has 0 saturated heterocycles. The molecule has 0 N–H and O–H groups in total. The quantitative estimate of drug-likeness (QED) is 0.160. The van der Waals surface area contributed by atoms with Crippen molar-refractivity contribution in [2.45, 2.75) is 51.2 Å². The van der Waals surface area contributed by atoms with Crippen LogP contribution in [0.4, 0.5) is 5.69 Å². The van der Waals surface area contributed by atoms with E-state index in [-0.39, 0.29) is 48.7 Å². The topological polar surface area (TPSA) is 104 Å². The zero-order valence-electron chi connectivity index (χ0n) is 22.0. The van der Waals surface area contributed by atoms with Crippen molar-refractivity contribution in [3.63, 3.8) is 0 Å². The molecular weight excluding hydrogens is 530 g/mol. The molecule has 1 atom stereocenters. The van der Waals surface area contributed by atoms with Crippen molar-refractivity contribution in [3.8, 4) is 11.9 Å². The van der Waals surface area contributed by atoms with Gasteiger partial charge in [0.15, 0.2) is 0 Å². The van der Waals surface area contributed by atoms with E-state index in [9.17, 15) is 14.9 Å². The van der Waals surface area contributed by atoms with E-state index in [0.717, 1.165) is 35.1 Å². The summed E-state index contributed by atoms with van der Waals surface area (Å²) < 4.78 is 11.8. The first-order chi connectivity index (χ1) is 19.4. The van der Waals surface area contributed by atoms with Gasteiger partial charge in [0.2, 0.25) is 0 Å². The van der Waals surface area contributed by atoms with Gasteiger partial charge in [-0.15, -0.1) is 0 Å². The zero-order valence-corrected chi connectivity index (χ0v) is 22.8. The smallest absolute Gasteiger partial charge is 0.352 e. The lowest BCUT2D eigenvalue weighted by molar-refractivity contribution is -0.387. The maximum atomic E-state index is 13.4. The second kappa shape index (κ2) is 11.8. The number of carbonyl (C=O) groups excluding carboxylic acids is 1. The minimum absolute atomic E-state index is 0.0160. The van der Waals surface area contributed by atoms with Crippen molar-refractivity contribution in [2.75, 3.05) is 0 Å². The highest BCUT2D eigenvalue weighted by Crippen LogP contribution is 2.44. The number of fused-ring (bicyclic) bond motifs is 1. The lowest BCUT2D eigenvalue weighted by Gasteiger charge is -2.37. The van der Waals surface area contributed by atoms with E-state index in [1.54, 1.807) is 12.1 Å².